The topological polar surface area (TPSA) is 84.5 Å². The Hall–Kier alpha value is -1.90. The highest BCUT2D eigenvalue weighted by Gasteiger charge is 2.18. The third kappa shape index (κ3) is 4.56. The van der Waals surface area contributed by atoms with E-state index in [4.69, 9.17) is 4.74 Å². The average molecular weight is 368 g/mol. The van der Waals surface area contributed by atoms with E-state index in [1.165, 1.54) is 6.07 Å². The number of aryl methyl sites for hydroxylation is 1. The molecule has 0 saturated heterocycles. The number of sulfonamides is 1. The van der Waals surface area contributed by atoms with Crippen LogP contribution in [0.15, 0.2) is 39.9 Å². The summed E-state index contributed by atoms with van der Waals surface area (Å²) in [5.74, 6) is 0.263. The second-order valence-electron chi connectivity index (χ2n) is 5.29. The molecule has 2 rings (SSSR count). The standard InChI is InChI=1S/C16H20N2O4S2/c1-11-6-7-14(22-3)13(9-11)12(2)18-15(19)10-17-24(20,21)16-5-4-8-23-16/h4-9,12,17H,10H2,1-3H3,(H,18,19). The summed E-state index contributed by atoms with van der Waals surface area (Å²) in [5.41, 5.74) is 1.89. The van der Waals surface area contributed by atoms with Gasteiger partial charge < -0.3 is 10.1 Å². The van der Waals surface area contributed by atoms with Gasteiger partial charge in [-0.1, -0.05) is 23.8 Å². The Morgan fingerprint density at radius 3 is 2.71 bits per heavy atom. The number of hydrogen-bond acceptors (Lipinski definition) is 5. The first-order chi connectivity index (χ1) is 11.3. The smallest absolute Gasteiger partial charge is 0.250 e. The Labute approximate surface area is 145 Å². The van der Waals surface area contributed by atoms with Crippen LogP contribution in [0.4, 0.5) is 0 Å². The SMILES string of the molecule is COc1ccc(C)cc1C(C)NC(=O)CNS(=O)(=O)c1cccs1. The van der Waals surface area contributed by atoms with E-state index in [1.807, 2.05) is 32.0 Å². The van der Waals surface area contributed by atoms with E-state index in [-0.39, 0.29) is 16.8 Å². The molecule has 0 aliphatic heterocycles. The molecule has 0 spiro atoms. The van der Waals surface area contributed by atoms with Crippen LogP contribution in [0, 0.1) is 6.92 Å². The molecule has 0 aliphatic carbocycles. The maximum atomic E-state index is 12.1. The summed E-state index contributed by atoms with van der Waals surface area (Å²) < 4.78 is 31.8. The molecule has 1 heterocycles. The molecular weight excluding hydrogens is 348 g/mol. The third-order valence-corrected chi connectivity index (χ3v) is 6.21. The molecule has 0 aliphatic rings. The van der Waals surface area contributed by atoms with Gasteiger partial charge in [-0.05, 0) is 31.4 Å². The predicted octanol–water partition coefficient (Wildman–Crippen LogP) is 2.22. The van der Waals surface area contributed by atoms with E-state index in [0.29, 0.717) is 5.75 Å². The van der Waals surface area contributed by atoms with Crippen LogP contribution in [0.1, 0.15) is 24.1 Å². The number of carbonyl (C=O) groups is 1. The zero-order chi connectivity index (χ0) is 17.7. The third-order valence-electron chi connectivity index (χ3n) is 3.41. The van der Waals surface area contributed by atoms with Gasteiger partial charge in [0.25, 0.3) is 10.0 Å². The van der Waals surface area contributed by atoms with Gasteiger partial charge in [-0.15, -0.1) is 11.3 Å². The first-order valence-electron chi connectivity index (χ1n) is 7.30. The zero-order valence-corrected chi connectivity index (χ0v) is 15.3. The molecule has 0 fully saturated rings. The molecule has 130 valence electrons. The summed E-state index contributed by atoms with van der Waals surface area (Å²) in [6.07, 6.45) is 0. The lowest BCUT2D eigenvalue weighted by molar-refractivity contribution is -0.120. The van der Waals surface area contributed by atoms with Crippen LogP contribution >= 0.6 is 11.3 Å². The van der Waals surface area contributed by atoms with E-state index < -0.39 is 15.9 Å². The number of hydrogen-bond donors (Lipinski definition) is 2. The molecule has 1 aromatic heterocycles. The Bertz CT molecular complexity index is 801. The zero-order valence-electron chi connectivity index (χ0n) is 13.7. The van der Waals surface area contributed by atoms with Crippen molar-refractivity contribution in [1.29, 1.82) is 0 Å². The number of methoxy groups -OCH3 is 1. The first kappa shape index (κ1) is 18.4. The maximum absolute atomic E-state index is 12.1. The molecule has 1 aromatic carbocycles. The van der Waals surface area contributed by atoms with E-state index in [9.17, 15) is 13.2 Å². The van der Waals surface area contributed by atoms with Crippen molar-refractivity contribution in [3.8, 4) is 5.75 Å². The minimum absolute atomic E-state index is 0.184. The van der Waals surface area contributed by atoms with Crippen LogP contribution in [0.25, 0.3) is 0 Å². The van der Waals surface area contributed by atoms with E-state index in [1.54, 1.807) is 18.6 Å². The summed E-state index contributed by atoms with van der Waals surface area (Å²) in [7, 11) is -2.08. The molecule has 1 atom stereocenters. The molecule has 2 N–H and O–H groups in total. The van der Waals surface area contributed by atoms with Gasteiger partial charge in [0.15, 0.2) is 0 Å². The Balaban J connectivity index is 1.99. The van der Waals surface area contributed by atoms with Gasteiger partial charge in [0.1, 0.15) is 9.96 Å². The van der Waals surface area contributed by atoms with Crippen LogP contribution < -0.4 is 14.8 Å². The lowest BCUT2D eigenvalue weighted by atomic mass is 10.0. The molecule has 1 unspecified atom stereocenters. The second-order valence-corrected chi connectivity index (χ2v) is 8.23. The Morgan fingerprint density at radius 2 is 2.08 bits per heavy atom. The largest absolute Gasteiger partial charge is 0.496 e. The number of nitrogens with one attached hydrogen (secondary N) is 2. The second kappa shape index (κ2) is 7.78. The van der Waals surface area contributed by atoms with Crippen LogP contribution in [0.3, 0.4) is 0 Å². The molecule has 6 nitrogen and oxygen atoms in total. The van der Waals surface area contributed by atoms with Crippen molar-refractivity contribution in [2.24, 2.45) is 0 Å². The fourth-order valence-corrected chi connectivity index (χ4v) is 4.23. The highest BCUT2D eigenvalue weighted by Crippen LogP contribution is 2.25. The fraction of sp³-hybridized carbons (Fsp3) is 0.312. The van der Waals surface area contributed by atoms with E-state index >= 15 is 0 Å². The lowest BCUT2D eigenvalue weighted by Crippen LogP contribution is -2.37. The van der Waals surface area contributed by atoms with Gasteiger partial charge in [-0.3, -0.25) is 4.79 Å². The van der Waals surface area contributed by atoms with Crippen molar-refractivity contribution in [2.75, 3.05) is 13.7 Å². The van der Waals surface area contributed by atoms with Crippen molar-refractivity contribution in [3.05, 3.63) is 46.8 Å². The highest BCUT2D eigenvalue weighted by atomic mass is 32.2. The van der Waals surface area contributed by atoms with Crippen LogP contribution in [0.5, 0.6) is 5.75 Å². The van der Waals surface area contributed by atoms with Gasteiger partial charge in [0, 0.05) is 5.56 Å². The van der Waals surface area contributed by atoms with Gasteiger partial charge in [0.05, 0.1) is 19.7 Å². The lowest BCUT2D eigenvalue weighted by Gasteiger charge is -2.18. The molecule has 1 amide bonds. The normalized spacial score (nSPS) is 12.6. The Morgan fingerprint density at radius 1 is 1.33 bits per heavy atom. The summed E-state index contributed by atoms with van der Waals surface area (Å²) in [5, 5.41) is 4.44. The number of benzene rings is 1. The van der Waals surface area contributed by atoms with Crippen molar-refractivity contribution in [2.45, 2.75) is 24.1 Å². The molecule has 0 bridgehead atoms. The van der Waals surface area contributed by atoms with Crippen molar-refractivity contribution in [1.82, 2.24) is 10.0 Å². The van der Waals surface area contributed by atoms with E-state index in [2.05, 4.69) is 10.0 Å². The van der Waals surface area contributed by atoms with Gasteiger partial charge in [-0.2, -0.15) is 0 Å². The summed E-state index contributed by atoms with van der Waals surface area (Å²) in [4.78, 5) is 12.1. The molecule has 0 radical (unpaired) electrons. The molecular formula is C16H20N2O4S2. The number of amides is 1. The molecule has 0 saturated carbocycles. The van der Waals surface area contributed by atoms with Gasteiger partial charge >= 0.3 is 0 Å². The van der Waals surface area contributed by atoms with Crippen molar-refractivity contribution in [3.63, 3.8) is 0 Å². The highest BCUT2D eigenvalue weighted by molar-refractivity contribution is 7.91. The van der Waals surface area contributed by atoms with E-state index in [0.717, 1.165) is 22.5 Å². The number of ether oxygens (including phenoxy) is 1. The van der Waals surface area contributed by atoms with Crippen molar-refractivity contribution >= 4 is 27.3 Å². The number of rotatable bonds is 7. The Kier molecular flexibility index (Phi) is 5.98. The minimum Gasteiger partial charge on any atom is -0.496 e. The maximum Gasteiger partial charge on any atom is 0.250 e. The number of thiophene rings is 1. The number of carbonyl (C=O) groups excluding carboxylic acids is 1. The van der Waals surface area contributed by atoms with Crippen LogP contribution in [0.2, 0.25) is 0 Å². The average Bonchev–Trinajstić information content (AvgIpc) is 3.08. The van der Waals surface area contributed by atoms with Crippen LogP contribution in [-0.2, 0) is 14.8 Å². The monoisotopic (exact) mass is 368 g/mol. The van der Waals surface area contributed by atoms with Crippen molar-refractivity contribution < 1.29 is 17.9 Å². The molecule has 8 heteroatoms. The van der Waals surface area contributed by atoms with Crippen LogP contribution in [-0.4, -0.2) is 28.0 Å². The summed E-state index contributed by atoms with van der Waals surface area (Å²) >= 11 is 1.10. The minimum atomic E-state index is -3.65. The van der Waals surface area contributed by atoms with Gasteiger partial charge in [0.2, 0.25) is 5.91 Å². The summed E-state index contributed by atoms with van der Waals surface area (Å²) in [6, 6.07) is 8.52. The quantitative estimate of drug-likeness (QED) is 0.785. The first-order valence-corrected chi connectivity index (χ1v) is 9.67. The predicted molar refractivity (Wildman–Crippen MR) is 93.8 cm³/mol. The molecule has 24 heavy (non-hydrogen) atoms. The fourth-order valence-electron chi connectivity index (χ4n) is 2.21. The van der Waals surface area contributed by atoms with Gasteiger partial charge in [-0.25, -0.2) is 13.1 Å². The molecule has 2 aromatic rings. The summed E-state index contributed by atoms with van der Waals surface area (Å²) in [6.45, 7) is 3.45.